The van der Waals surface area contributed by atoms with Gasteiger partial charge in [-0.3, -0.25) is 19.8 Å². The molecule has 1 aliphatic heterocycles. The number of carbonyl (C=O) groups excluding carboxylic acids is 2. The third-order valence-electron chi connectivity index (χ3n) is 4.85. The molecule has 2 aromatic rings. The highest BCUT2D eigenvalue weighted by Gasteiger charge is 2.49. The first-order valence-corrected chi connectivity index (χ1v) is 8.98. The van der Waals surface area contributed by atoms with E-state index in [4.69, 9.17) is 4.74 Å². The fraction of sp³-hybridized carbons (Fsp3) is 0.300. The number of non-ortho nitro benzene ring substituents is 1. The van der Waals surface area contributed by atoms with Crippen LogP contribution in [0.4, 0.5) is 10.5 Å². The van der Waals surface area contributed by atoms with Crippen molar-refractivity contribution in [2.45, 2.75) is 25.5 Å². The summed E-state index contributed by atoms with van der Waals surface area (Å²) in [7, 11) is 0. The van der Waals surface area contributed by atoms with Crippen molar-refractivity contribution in [2.75, 3.05) is 13.2 Å². The van der Waals surface area contributed by atoms with E-state index < -0.39 is 28.5 Å². The molecule has 0 aromatic heterocycles. The predicted octanol–water partition coefficient (Wildman–Crippen LogP) is 2.11. The highest BCUT2D eigenvalue weighted by molar-refractivity contribution is 6.07. The Morgan fingerprint density at radius 1 is 1.21 bits per heavy atom. The molecule has 2 N–H and O–H groups in total. The van der Waals surface area contributed by atoms with Gasteiger partial charge in [0.05, 0.1) is 11.5 Å². The number of nitrogens with one attached hydrogen (secondary N) is 1. The molecule has 2 aromatic carbocycles. The molecule has 152 valence electrons. The summed E-state index contributed by atoms with van der Waals surface area (Å²) in [6.07, 6.45) is -1.08. The molecule has 3 rings (SSSR count). The van der Waals surface area contributed by atoms with Gasteiger partial charge in [0.25, 0.3) is 11.6 Å². The number of ether oxygens (including phenoxy) is 1. The van der Waals surface area contributed by atoms with Crippen LogP contribution >= 0.6 is 0 Å². The van der Waals surface area contributed by atoms with Crippen LogP contribution in [0.2, 0.25) is 0 Å². The number of nitro benzene ring substituents is 1. The summed E-state index contributed by atoms with van der Waals surface area (Å²) in [6.45, 7) is 3.06. The lowest BCUT2D eigenvalue weighted by Crippen LogP contribution is -2.42. The summed E-state index contributed by atoms with van der Waals surface area (Å²) >= 11 is 0. The molecule has 0 bridgehead atoms. The minimum absolute atomic E-state index is 0.0871. The van der Waals surface area contributed by atoms with E-state index in [2.05, 4.69) is 5.32 Å². The maximum Gasteiger partial charge on any atom is 0.325 e. The summed E-state index contributed by atoms with van der Waals surface area (Å²) in [5, 5.41) is 23.7. The second-order valence-electron chi connectivity index (χ2n) is 7.01. The number of imide groups is 1. The number of benzene rings is 2. The average Bonchev–Trinajstić information content (AvgIpc) is 2.91. The second kappa shape index (κ2) is 7.88. The Morgan fingerprint density at radius 2 is 1.86 bits per heavy atom. The van der Waals surface area contributed by atoms with Crippen LogP contribution in [0.15, 0.2) is 48.5 Å². The largest absolute Gasteiger partial charge is 0.491 e. The van der Waals surface area contributed by atoms with E-state index in [1.54, 1.807) is 6.07 Å². The number of amides is 3. The first-order valence-electron chi connectivity index (χ1n) is 8.98. The van der Waals surface area contributed by atoms with Crippen LogP contribution in [0, 0.1) is 17.0 Å². The highest BCUT2D eigenvalue weighted by atomic mass is 16.6. The van der Waals surface area contributed by atoms with Crippen molar-refractivity contribution >= 4 is 17.6 Å². The van der Waals surface area contributed by atoms with Gasteiger partial charge >= 0.3 is 6.03 Å². The molecule has 1 fully saturated rings. The van der Waals surface area contributed by atoms with E-state index in [9.17, 15) is 24.8 Å². The topological polar surface area (TPSA) is 122 Å². The van der Waals surface area contributed by atoms with Gasteiger partial charge in [-0.15, -0.1) is 0 Å². The zero-order chi connectivity index (χ0) is 21.2. The zero-order valence-electron chi connectivity index (χ0n) is 16.0. The molecule has 1 aliphatic rings. The number of nitro groups is 1. The number of β-amino-alcohol motifs (C(OH)–C–C–N with tert-alkyl or cyclic N) is 1. The van der Waals surface area contributed by atoms with Gasteiger partial charge in [0, 0.05) is 12.1 Å². The number of nitrogens with zero attached hydrogens (tertiary/aromatic N) is 2. The van der Waals surface area contributed by atoms with Crippen molar-refractivity contribution in [1.82, 2.24) is 10.2 Å². The number of carbonyl (C=O) groups is 2. The van der Waals surface area contributed by atoms with Gasteiger partial charge in [-0.05, 0) is 43.2 Å². The molecular weight excluding hydrogens is 378 g/mol. The van der Waals surface area contributed by atoms with Gasteiger partial charge in [0.2, 0.25) is 0 Å². The molecule has 0 aliphatic carbocycles. The van der Waals surface area contributed by atoms with Gasteiger partial charge in [-0.1, -0.05) is 18.2 Å². The minimum atomic E-state index is -1.37. The Morgan fingerprint density at radius 3 is 2.48 bits per heavy atom. The Balaban J connectivity index is 1.68. The number of aliphatic hydroxyl groups excluding tert-OH is 1. The number of para-hydroxylation sites is 1. The molecule has 1 saturated heterocycles. The van der Waals surface area contributed by atoms with Crippen LogP contribution in [0.1, 0.15) is 18.1 Å². The second-order valence-corrected chi connectivity index (χ2v) is 7.01. The van der Waals surface area contributed by atoms with Crippen LogP contribution in [0.3, 0.4) is 0 Å². The van der Waals surface area contributed by atoms with Crippen LogP contribution in [-0.2, 0) is 10.3 Å². The third-order valence-corrected chi connectivity index (χ3v) is 4.85. The van der Waals surface area contributed by atoms with E-state index >= 15 is 0 Å². The SMILES string of the molecule is Cc1ccccc1OC[C@H](O)CN1C(=O)N[C@](C)(c2ccc([N+](=O)[O-])cc2)C1=O. The molecule has 29 heavy (non-hydrogen) atoms. The monoisotopic (exact) mass is 399 g/mol. The van der Waals surface area contributed by atoms with E-state index in [1.807, 2.05) is 25.1 Å². The first kappa shape index (κ1) is 20.3. The number of aryl methyl sites for hydroxylation is 1. The molecule has 3 amide bonds. The Bertz CT molecular complexity index is 945. The summed E-state index contributed by atoms with van der Waals surface area (Å²) < 4.78 is 5.57. The van der Waals surface area contributed by atoms with Crippen molar-refractivity contribution in [1.29, 1.82) is 0 Å². The standard InChI is InChI=1S/C20H21N3O6/c1-13-5-3-4-6-17(13)29-12-16(24)11-22-18(25)20(2,21-19(22)26)14-7-9-15(10-8-14)23(27)28/h3-10,16,24H,11-12H2,1-2H3,(H,21,26)/t16-,20-/m1/s1. The average molecular weight is 399 g/mol. The molecule has 9 nitrogen and oxygen atoms in total. The smallest absolute Gasteiger partial charge is 0.325 e. The van der Waals surface area contributed by atoms with Crippen molar-refractivity contribution in [2.24, 2.45) is 0 Å². The van der Waals surface area contributed by atoms with E-state index in [0.717, 1.165) is 10.5 Å². The van der Waals surface area contributed by atoms with Gasteiger partial charge in [0.1, 0.15) is 24.0 Å². The fourth-order valence-corrected chi connectivity index (χ4v) is 3.14. The zero-order valence-corrected chi connectivity index (χ0v) is 16.0. The normalized spacial score (nSPS) is 19.8. The molecule has 9 heteroatoms. The van der Waals surface area contributed by atoms with Crippen LogP contribution in [-0.4, -0.2) is 46.1 Å². The maximum atomic E-state index is 12.9. The number of rotatable bonds is 7. The first-order chi connectivity index (χ1) is 13.7. The van der Waals surface area contributed by atoms with Crippen LogP contribution < -0.4 is 10.1 Å². The maximum absolute atomic E-state index is 12.9. The lowest BCUT2D eigenvalue weighted by atomic mass is 9.92. The molecule has 0 radical (unpaired) electrons. The molecule has 0 saturated carbocycles. The van der Waals surface area contributed by atoms with Gasteiger partial charge in [-0.2, -0.15) is 0 Å². The number of hydrogen-bond donors (Lipinski definition) is 2. The Labute approximate surface area is 167 Å². The summed E-state index contributed by atoms with van der Waals surface area (Å²) in [5.74, 6) is 0.0609. The van der Waals surface area contributed by atoms with E-state index in [-0.39, 0.29) is 18.8 Å². The summed E-state index contributed by atoms with van der Waals surface area (Å²) in [5.41, 5.74) is -0.173. The quantitative estimate of drug-likeness (QED) is 0.418. The van der Waals surface area contributed by atoms with Crippen molar-refractivity contribution in [3.63, 3.8) is 0 Å². The minimum Gasteiger partial charge on any atom is -0.491 e. The van der Waals surface area contributed by atoms with Gasteiger partial charge < -0.3 is 15.2 Å². The van der Waals surface area contributed by atoms with E-state index in [1.165, 1.54) is 31.2 Å². The lowest BCUT2D eigenvalue weighted by molar-refractivity contribution is -0.384. The Kier molecular flexibility index (Phi) is 5.51. The van der Waals surface area contributed by atoms with Gasteiger partial charge in [0.15, 0.2) is 0 Å². The molecule has 0 spiro atoms. The highest BCUT2D eigenvalue weighted by Crippen LogP contribution is 2.30. The lowest BCUT2D eigenvalue weighted by Gasteiger charge is -2.23. The summed E-state index contributed by atoms with van der Waals surface area (Å²) in [4.78, 5) is 36.4. The van der Waals surface area contributed by atoms with Crippen molar-refractivity contribution < 1.29 is 24.4 Å². The number of urea groups is 1. The van der Waals surface area contributed by atoms with Crippen molar-refractivity contribution in [3.8, 4) is 5.75 Å². The fourth-order valence-electron chi connectivity index (χ4n) is 3.14. The molecule has 1 heterocycles. The van der Waals surface area contributed by atoms with Crippen molar-refractivity contribution in [3.05, 3.63) is 69.8 Å². The molecular formula is C20H21N3O6. The van der Waals surface area contributed by atoms with Gasteiger partial charge in [-0.25, -0.2) is 4.79 Å². The predicted molar refractivity (Wildman–Crippen MR) is 103 cm³/mol. The number of hydrogen-bond acceptors (Lipinski definition) is 6. The molecule has 0 unspecified atom stereocenters. The van der Waals surface area contributed by atoms with Crippen LogP contribution in [0.5, 0.6) is 5.75 Å². The van der Waals surface area contributed by atoms with E-state index in [0.29, 0.717) is 11.3 Å². The Hall–Kier alpha value is -3.46. The summed E-state index contributed by atoms with van der Waals surface area (Å²) in [6, 6.07) is 12.1. The third kappa shape index (κ3) is 4.04. The molecule has 2 atom stereocenters. The van der Waals surface area contributed by atoms with Crippen LogP contribution in [0.25, 0.3) is 0 Å². The number of aliphatic hydroxyl groups is 1.